The monoisotopic (exact) mass is 595 g/mol. The maximum absolute atomic E-state index is 13.3. The molecule has 0 aliphatic carbocycles. The Morgan fingerprint density at radius 3 is 2.40 bits per heavy atom. The molecule has 0 atom stereocenters. The van der Waals surface area contributed by atoms with Gasteiger partial charge >= 0.3 is 6.03 Å². The Balaban J connectivity index is 1.25. The predicted molar refractivity (Wildman–Crippen MR) is 163 cm³/mol. The van der Waals surface area contributed by atoms with Crippen LogP contribution >= 0.6 is 11.6 Å². The van der Waals surface area contributed by atoms with Crippen LogP contribution in [-0.4, -0.2) is 30.4 Å². The van der Waals surface area contributed by atoms with E-state index in [4.69, 9.17) is 21.1 Å². The molecule has 0 aromatic heterocycles. The predicted octanol–water partition coefficient (Wildman–Crippen LogP) is 5.91. The number of nitrogens with one attached hydrogen (secondary N) is 2. The van der Waals surface area contributed by atoms with Crippen LogP contribution in [0.5, 0.6) is 11.5 Å². The first-order valence-corrected chi connectivity index (χ1v) is 13.6. The fourth-order valence-electron chi connectivity index (χ4n) is 4.20. The molecule has 4 aromatic carbocycles. The quantitative estimate of drug-likeness (QED) is 0.184. The van der Waals surface area contributed by atoms with Gasteiger partial charge in [-0.3, -0.25) is 19.7 Å². The van der Waals surface area contributed by atoms with Gasteiger partial charge in [-0.15, -0.1) is 0 Å². The second-order valence-corrected chi connectivity index (χ2v) is 10.0. The number of imide groups is 2. The fourth-order valence-corrected chi connectivity index (χ4v) is 4.38. The molecule has 10 heteroatoms. The maximum atomic E-state index is 13.3. The molecule has 1 saturated heterocycles. The van der Waals surface area contributed by atoms with Crippen molar-refractivity contribution in [2.75, 3.05) is 16.8 Å². The summed E-state index contributed by atoms with van der Waals surface area (Å²) in [6.45, 7) is 1.94. The largest absolute Gasteiger partial charge is 0.489 e. The lowest BCUT2D eigenvalue weighted by atomic mass is 10.1. The Morgan fingerprint density at radius 2 is 1.65 bits per heavy atom. The van der Waals surface area contributed by atoms with Crippen molar-refractivity contribution in [1.82, 2.24) is 5.32 Å². The number of halogens is 1. The van der Waals surface area contributed by atoms with Crippen LogP contribution in [0.3, 0.4) is 0 Å². The Kier molecular flexibility index (Phi) is 8.83. The molecular weight excluding hydrogens is 570 g/mol. The molecule has 1 aliphatic heterocycles. The third kappa shape index (κ3) is 7.27. The molecule has 216 valence electrons. The van der Waals surface area contributed by atoms with Crippen molar-refractivity contribution >= 4 is 52.8 Å². The van der Waals surface area contributed by atoms with E-state index in [1.54, 1.807) is 66.7 Å². The molecule has 0 radical (unpaired) electrons. The number of benzene rings is 4. The number of barbiturate groups is 1. The number of aryl methyl sites for hydroxylation is 1. The number of urea groups is 1. The van der Waals surface area contributed by atoms with Gasteiger partial charge in [-0.2, -0.15) is 0 Å². The number of ether oxygens (including phenoxy) is 2. The first-order valence-electron chi connectivity index (χ1n) is 13.2. The molecule has 1 aliphatic rings. The van der Waals surface area contributed by atoms with E-state index in [-0.39, 0.29) is 17.9 Å². The smallest absolute Gasteiger partial charge is 0.335 e. The highest BCUT2D eigenvalue weighted by Gasteiger charge is 2.36. The van der Waals surface area contributed by atoms with Gasteiger partial charge in [0.2, 0.25) is 0 Å². The van der Waals surface area contributed by atoms with Crippen LogP contribution in [0.15, 0.2) is 103 Å². The maximum Gasteiger partial charge on any atom is 0.335 e. The number of hydrogen-bond acceptors (Lipinski definition) is 6. The minimum Gasteiger partial charge on any atom is -0.489 e. The highest BCUT2D eigenvalue weighted by Crippen LogP contribution is 2.26. The molecule has 43 heavy (non-hydrogen) atoms. The summed E-state index contributed by atoms with van der Waals surface area (Å²) in [6.07, 6.45) is 1.36. The average molecular weight is 596 g/mol. The summed E-state index contributed by atoms with van der Waals surface area (Å²) in [7, 11) is 0. The van der Waals surface area contributed by atoms with E-state index in [1.165, 1.54) is 6.08 Å². The Hall–Kier alpha value is -5.41. The van der Waals surface area contributed by atoms with Crippen LogP contribution in [0.25, 0.3) is 6.08 Å². The van der Waals surface area contributed by atoms with Crippen molar-refractivity contribution in [2.45, 2.75) is 13.5 Å². The summed E-state index contributed by atoms with van der Waals surface area (Å²) in [6, 6.07) is 26.9. The van der Waals surface area contributed by atoms with Crippen LogP contribution in [0.2, 0.25) is 5.02 Å². The summed E-state index contributed by atoms with van der Waals surface area (Å²) in [5.74, 6) is -1.10. The van der Waals surface area contributed by atoms with Crippen molar-refractivity contribution in [3.05, 3.63) is 124 Å². The molecule has 2 N–H and O–H groups in total. The van der Waals surface area contributed by atoms with Crippen LogP contribution in [0.1, 0.15) is 16.7 Å². The summed E-state index contributed by atoms with van der Waals surface area (Å²) < 4.78 is 11.4. The topological polar surface area (TPSA) is 114 Å². The second-order valence-electron chi connectivity index (χ2n) is 9.60. The minimum absolute atomic E-state index is 0.241. The van der Waals surface area contributed by atoms with Gasteiger partial charge in [0, 0.05) is 10.7 Å². The van der Waals surface area contributed by atoms with Crippen LogP contribution in [0.4, 0.5) is 16.2 Å². The SMILES string of the molecule is Cc1ccc(NC(=O)COc2cccc(/C=C3/C(=O)NC(=O)N(c4ccc(OCc5ccccc5)cc4)C3=O)c2)cc1Cl. The number of nitrogens with zero attached hydrogens (tertiary/aromatic N) is 1. The Labute approximate surface area is 252 Å². The van der Waals surface area contributed by atoms with Crippen molar-refractivity contribution in [3.8, 4) is 11.5 Å². The molecule has 0 saturated carbocycles. The summed E-state index contributed by atoms with van der Waals surface area (Å²) >= 11 is 6.11. The molecule has 4 aromatic rings. The van der Waals surface area contributed by atoms with Crippen molar-refractivity contribution in [2.24, 2.45) is 0 Å². The number of hydrogen-bond donors (Lipinski definition) is 2. The zero-order chi connectivity index (χ0) is 30.3. The molecule has 0 bridgehead atoms. The molecule has 9 nitrogen and oxygen atoms in total. The first kappa shape index (κ1) is 29.1. The highest BCUT2D eigenvalue weighted by atomic mass is 35.5. The molecule has 0 unspecified atom stereocenters. The molecule has 1 heterocycles. The standard InChI is InChI=1S/C33H26ClN3O6/c1-21-10-11-24(18-29(21)34)35-30(38)20-43-27-9-5-8-23(16-27)17-28-31(39)36-33(41)37(32(28)40)25-12-14-26(15-13-25)42-19-22-6-3-2-4-7-22/h2-18H,19-20H2,1H3,(H,35,38)(H,36,39,41)/b28-17-. The lowest BCUT2D eigenvalue weighted by molar-refractivity contribution is -0.122. The van der Waals surface area contributed by atoms with E-state index in [9.17, 15) is 19.2 Å². The Morgan fingerprint density at radius 1 is 0.884 bits per heavy atom. The number of rotatable bonds is 9. The lowest BCUT2D eigenvalue weighted by Crippen LogP contribution is -2.54. The summed E-state index contributed by atoms with van der Waals surface area (Å²) in [4.78, 5) is 51.8. The second kappa shape index (κ2) is 13.1. The fraction of sp³-hybridized carbons (Fsp3) is 0.0909. The van der Waals surface area contributed by atoms with Gasteiger partial charge in [0.15, 0.2) is 6.61 Å². The van der Waals surface area contributed by atoms with Gasteiger partial charge in [0.05, 0.1) is 5.69 Å². The molecule has 0 spiro atoms. The van der Waals surface area contributed by atoms with Crippen molar-refractivity contribution in [3.63, 3.8) is 0 Å². The van der Waals surface area contributed by atoms with Gasteiger partial charge in [-0.05, 0) is 78.2 Å². The molecule has 5 rings (SSSR count). The summed E-state index contributed by atoms with van der Waals surface area (Å²) in [5, 5.41) is 5.45. The van der Waals surface area contributed by atoms with E-state index in [2.05, 4.69) is 10.6 Å². The first-order chi connectivity index (χ1) is 20.8. The van der Waals surface area contributed by atoms with E-state index in [0.717, 1.165) is 16.0 Å². The van der Waals surface area contributed by atoms with E-state index in [1.807, 2.05) is 37.3 Å². The molecule has 1 fully saturated rings. The van der Waals surface area contributed by atoms with Gasteiger partial charge < -0.3 is 14.8 Å². The van der Waals surface area contributed by atoms with E-state index >= 15 is 0 Å². The van der Waals surface area contributed by atoms with Crippen molar-refractivity contribution < 1.29 is 28.7 Å². The molecule has 5 amide bonds. The van der Waals surface area contributed by atoms with Gasteiger partial charge in [0.1, 0.15) is 23.7 Å². The number of amides is 5. The van der Waals surface area contributed by atoms with E-state index < -0.39 is 23.8 Å². The third-order valence-corrected chi connectivity index (χ3v) is 6.85. The Bertz CT molecular complexity index is 1720. The highest BCUT2D eigenvalue weighted by molar-refractivity contribution is 6.39. The number of carbonyl (C=O) groups is 4. The summed E-state index contributed by atoms with van der Waals surface area (Å²) in [5.41, 5.74) is 2.91. The van der Waals surface area contributed by atoms with Crippen molar-refractivity contribution in [1.29, 1.82) is 0 Å². The number of anilines is 2. The molecular formula is C33H26ClN3O6. The van der Waals surface area contributed by atoms with Gasteiger partial charge in [-0.25, -0.2) is 9.69 Å². The normalized spacial score (nSPS) is 14.0. The van der Waals surface area contributed by atoms with E-state index in [0.29, 0.717) is 34.4 Å². The number of carbonyl (C=O) groups excluding carboxylic acids is 4. The minimum atomic E-state index is -0.858. The van der Waals surface area contributed by atoms with Gasteiger partial charge in [0.25, 0.3) is 17.7 Å². The zero-order valence-corrected chi connectivity index (χ0v) is 23.8. The average Bonchev–Trinajstić information content (AvgIpc) is 3.00. The lowest BCUT2D eigenvalue weighted by Gasteiger charge is -2.26. The van der Waals surface area contributed by atoms with Crippen LogP contribution in [0, 0.1) is 6.92 Å². The van der Waals surface area contributed by atoms with Gasteiger partial charge in [-0.1, -0.05) is 60.1 Å². The zero-order valence-electron chi connectivity index (χ0n) is 23.0. The van der Waals surface area contributed by atoms with Crippen LogP contribution in [-0.2, 0) is 21.0 Å². The van der Waals surface area contributed by atoms with Crippen LogP contribution < -0.4 is 25.0 Å². The third-order valence-electron chi connectivity index (χ3n) is 6.44.